The number of aryl methyl sites for hydroxylation is 1. The zero-order valence-electron chi connectivity index (χ0n) is 11.7. The molecule has 0 saturated heterocycles. The second kappa shape index (κ2) is 4.57. The maximum Gasteiger partial charge on any atom is 0.435 e. The van der Waals surface area contributed by atoms with Crippen LogP contribution in [0.1, 0.15) is 33.4 Å². The third-order valence-corrected chi connectivity index (χ3v) is 2.71. The molecule has 102 valence electrons. The molecule has 0 aliphatic rings. The van der Waals surface area contributed by atoms with Crippen LogP contribution < -0.4 is 5.73 Å². The minimum Gasteiger partial charge on any atom is -0.442 e. The Labute approximate surface area is 112 Å². The molecule has 0 atom stereocenters. The second-order valence-electron chi connectivity index (χ2n) is 5.43. The molecule has 0 amide bonds. The van der Waals surface area contributed by atoms with Gasteiger partial charge in [0.2, 0.25) is 0 Å². The van der Waals surface area contributed by atoms with Gasteiger partial charge in [-0.2, -0.15) is 9.78 Å². The van der Waals surface area contributed by atoms with E-state index < -0.39 is 11.7 Å². The highest BCUT2D eigenvalue weighted by atomic mass is 16.6. The molecule has 2 N–H and O–H groups in total. The summed E-state index contributed by atoms with van der Waals surface area (Å²) in [5.41, 5.74) is 7.53. The summed E-state index contributed by atoms with van der Waals surface area (Å²) in [6, 6.07) is 5.43. The van der Waals surface area contributed by atoms with E-state index >= 15 is 0 Å². The SMILES string of the molecule is CCc1nn(C(=O)OC(C)(C)C)c2cccc(N)c12. The Bertz CT molecular complexity index is 623. The Balaban J connectivity index is 2.56. The average Bonchev–Trinajstić information content (AvgIpc) is 2.67. The molecule has 0 aliphatic heterocycles. The van der Waals surface area contributed by atoms with E-state index in [0.29, 0.717) is 17.6 Å². The van der Waals surface area contributed by atoms with Gasteiger partial charge in [0.15, 0.2) is 0 Å². The van der Waals surface area contributed by atoms with E-state index in [-0.39, 0.29) is 0 Å². The van der Waals surface area contributed by atoms with Crippen LogP contribution in [-0.2, 0) is 11.2 Å². The van der Waals surface area contributed by atoms with Crippen LogP contribution in [0.25, 0.3) is 10.9 Å². The van der Waals surface area contributed by atoms with Gasteiger partial charge in [-0.05, 0) is 39.3 Å². The van der Waals surface area contributed by atoms with Crippen molar-refractivity contribution >= 4 is 22.7 Å². The van der Waals surface area contributed by atoms with Crippen molar-refractivity contribution in [2.24, 2.45) is 0 Å². The predicted molar refractivity (Wildman–Crippen MR) is 75.2 cm³/mol. The molecular formula is C14H19N3O2. The van der Waals surface area contributed by atoms with Crippen molar-refractivity contribution in [2.45, 2.75) is 39.7 Å². The molecule has 5 heteroatoms. The van der Waals surface area contributed by atoms with Gasteiger partial charge in [0.25, 0.3) is 0 Å². The van der Waals surface area contributed by atoms with Crippen molar-refractivity contribution < 1.29 is 9.53 Å². The van der Waals surface area contributed by atoms with Crippen LogP contribution in [0.4, 0.5) is 10.5 Å². The van der Waals surface area contributed by atoms with E-state index in [4.69, 9.17) is 10.5 Å². The summed E-state index contributed by atoms with van der Waals surface area (Å²) < 4.78 is 6.64. The number of carbonyl (C=O) groups excluding carboxylic acids is 1. The summed E-state index contributed by atoms with van der Waals surface area (Å²) in [5, 5.41) is 5.14. The molecule has 0 radical (unpaired) electrons. The maximum atomic E-state index is 12.2. The summed E-state index contributed by atoms with van der Waals surface area (Å²) in [6.07, 6.45) is 0.225. The largest absolute Gasteiger partial charge is 0.442 e. The summed E-state index contributed by atoms with van der Waals surface area (Å²) in [4.78, 5) is 12.2. The molecule has 5 nitrogen and oxygen atoms in total. The average molecular weight is 261 g/mol. The van der Waals surface area contributed by atoms with E-state index in [1.807, 2.05) is 39.8 Å². The van der Waals surface area contributed by atoms with E-state index in [1.165, 1.54) is 4.68 Å². The number of hydrogen-bond donors (Lipinski definition) is 1. The van der Waals surface area contributed by atoms with Crippen LogP contribution in [0.15, 0.2) is 18.2 Å². The van der Waals surface area contributed by atoms with Gasteiger partial charge < -0.3 is 10.5 Å². The van der Waals surface area contributed by atoms with Crippen LogP contribution >= 0.6 is 0 Å². The first-order chi connectivity index (χ1) is 8.83. The fourth-order valence-corrected chi connectivity index (χ4v) is 1.96. The van der Waals surface area contributed by atoms with Gasteiger partial charge in [-0.3, -0.25) is 0 Å². The van der Waals surface area contributed by atoms with Crippen molar-refractivity contribution in [1.82, 2.24) is 9.78 Å². The monoisotopic (exact) mass is 261 g/mol. The Morgan fingerprint density at radius 3 is 2.68 bits per heavy atom. The molecule has 1 aromatic carbocycles. The number of carbonyl (C=O) groups is 1. The Kier molecular flexibility index (Phi) is 3.22. The summed E-state index contributed by atoms with van der Waals surface area (Å²) in [5.74, 6) is 0. The molecule has 0 aliphatic carbocycles. The highest BCUT2D eigenvalue weighted by Crippen LogP contribution is 2.25. The number of nitrogens with two attached hydrogens (primary N) is 1. The fourth-order valence-electron chi connectivity index (χ4n) is 1.96. The van der Waals surface area contributed by atoms with Gasteiger partial charge in [0.05, 0.1) is 11.2 Å². The zero-order valence-corrected chi connectivity index (χ0v) is 11.7. The lowest BCUT2D eigenvalue weighted by Crippen LogP contribution is -2.27. The van der Waals surface area contributed by atoms with E-state index in [0.717, 1.165) is 11.1 Å². The first kappa shape index (κ1) is 13.4. The summed E-state index contributed by atoms with van der Waals surface area (Å²) in [6.45, 7) is 7.46. The molecule has 1 heterocycles. The van der Waals surface area contributed by atoms with Gasteiger partial charge in [-0.25, -0.2) is 4.79 Å². The molecule has 19 heavy (non-hydrogen) atoms. The number of anilines is 1. The van der Waals surface area contributed by atoms with Gasteiger partial charge in [-0.15, -0.1) is 0 Å². The van der Waals surface area contributed by atoms with Crippen molar-refractivity contribution in [3.05, 3.63) is 23.9 Å². The lowest BCUT2D eigenvalue weighted by molar-refractivity contribution is 0.0522. The minimum absolute atomic E-state index is 0.484. The topological polar surface area (TPSA) is 70.1 Å². The van der Waals surface area contributed by atoms with Crippen molar-refractivity contribution in [2.75, 3.05) is 5.73 Å². The van der Waals surface area contributed by atoms with Crippen LogP contribution in [0.2, 0.25) is 0 Å². The lowest BCUT2D eigenvalue weighted by Gasteiger charge is -2.19. The van der Waals surface area contributed by atoms with Gasteiger partial charge in [0, 0.05) is 11.1 Å². The molecule has 0 unspecified atom stereocenters. The smallest absolute Gasteiger partial charge is 0.435 e. The lowest BCUT2D eigenvalue weighted by atomic mass is 10.1. The molecule has 0 fully saturated rings. The molecule has 0 saturated carbocycles. The molecule has 2 aromatic rings. The Morgan fingerprint density at radius 1 is 1.42 bits per heavy atom. The summed E-state index contributed by atoms with van der Waals surface area (Å²) >= 11 is 0. The Hall–Kier alpha value is -2.04. The molecular weight excluding hydrogens is 242 g/mol. The fraction of sp³-hybridized carbons (Fsp3) is 0.429. The van der Waals surface area contributed by atoms with E-state index in [1.54, 1.807) is 6.07 Å². The highest BCUT2D eigenvalue weighted by molar-refractivity contribution is 5.97. The van der Waals surface area contributed by atoms with Gasteiger partial charge in [0.1, 0.15) is 5.60 Å². The van der Waals surface area contributed by atoms with Crippen LogP contribution in [-0.4, -0.2) is 21.5 Å². The first-order valence-electron chi connectivity index (χ1n) is 6.33. The number of nitrogens with zero attached hydrogens (tertiary/aromatic N) is 2. The van der Waals surface area contributed by atoms with Gasteiger partial charge in [-0.1, -0.05) is 13.0 Å². The predicted octanol–water partition coefficient (Wildman–Crippen LogP) is 2.96. The number of hydrogen-bond acceptors (Lipinski definition) is 4. The third-order valence-electron chi connectivity index (χ3n) is 2.71. The van der Waals surface area contributed by atoms with Crippen LogP contribution in [0, 0.1) is 0 Å². The van der Waals surface area contributed by atoms with Crippen LogP contribution in [0.3, 0.4) is 0 Å². The highest BCUT2D eigenvalue weighted by Gasteiger charge is 2.22. The quantitative estimate of drug-likeness (QED) is 0.801. The third kappa shape index (κ3) is 2.54. The molecule has 2 rings (SSSR count). The van der Waals surface area contributed by atoms with E-state index in [9.17, 15) is 4.79 Å². The number of ether oxygens (including phenoxy) is 1. The van der Waals surface area contributed by atoms with Crippen molar-refractivity contribution in [1.29, 1.82) is 0 Å². The number of benzene rings is 1. The number of aromatic nitrogens is 2. The molecule has 0 bridgehead atoms. The number of nitrogen functional groups attached to an aromatic ring is 1. The van der Waals surface area contributed by atoms with Crippen molar-refractivity contribution in [3.8, 4) is 0 Å². The normalized spacial score (nSPS) is 11.8. The maximum absolute atomic E-state index is 12.2. The summed E-state index contributed by atoms with van der Waals surface area (Å²) in [7, 11) is 0. The second-order valence-corrected chi connectivity index (χ2v) is 5.43. The first-order valence-corrected chi connectivity index (χ1v) is 6.33. The molecule has 1 aromatic heterocycles. The number of rotatable bonds is 1. The van der Waals surface area contributed by atoms with Crippen LogP contribution in [0.5, 0.6) is 0 Å². The molecule has 0 spiro atoms. The Morgan fingerprint density at radius 2 is 2.11 bits per heavy atom. The zero-order chi connectivity index (χ0) is 14.2. The van der Waals surface area contributed by atoms with Crippen molar-refractivity contribution in [3.63, 3.8) is 0 Å². The standard InChI is InChI=1S/C14H19N3O2/c1-5-10-12-9(15)7-6-8-11(12)17(16-10)13(18)19-14(2,3)4/h6-8H,5,15H2,1-4H3. The van der Waals surface area contributed by atoms with Gasteiger partial charge >= 0.3 is 6.09 Å². The number of fused-ring (bicyclic) bond motifs is 1. The minimum atomic E-state index is -0.554. The van der Waals surface area contributed by atoms with E-state index in [2.05, 4.69) is 5.10 Å².